The standard InChI is InChI=1S/C27H35N3O3S/c1-18-21(23(28)34-22(18)19-8-5-4-6-9-19)24(31)29-14-10-20(11-15-29)30-13-7-12-27(17-30)16-26(2,3)33-25(27)32/h4-6,8-9,20H,7,10-17,28H2,1-3H3. The second kappa shape index (κ2) is 8.68. The van der Waals surface area contributed by atoms with Gasteiger partial charge in [-0.05, 0) is 64.1 Å². The lowest BCUT2D eigenvalue weighted by Gasteiger charge is -2.44. The normalized spacial score (nSPS) is 25.6. The number of piperidine rings is 2. The van der Waals surface area contributed by atoms with E-state index in [0.29, 0.717) is 16.6 Å². The first-order valence-electron chi connectivity index (χ1n) is 12.4. The Balaban J connectivity index is 1.25. The number of rotatable bonds is 3. The lowest BCUT2D eigenvalue weighted by molar-refractivity contribution is -0.154. The lowest BCUT2D eigenvalue weighted by Crippen LogP contribution is -2.53. The number of esters is 1. The monoisotopic (exact) mass is 481 g/mol. The van der Waals surface area contributed by atoms with Crippen molar-refractivity contribution in [2.24, 2.45) is 5.41 Å². The smallest absolute Gasteiger partial charge is 0.314 e. The van der Waals surface area contributed by atoms with E-state index >= 15 is 0 Å². The zero-order chi connectivity index (χ0) is 24.1. The number of amides is 1. The zero-order valence-corrected chi connectivity index (χ0v) is 21.2. The Hall–Kier alpha value is -2.38. The minimum Gasteiger partial charge on any atom is -0.459 e. The summed E-state index contributed by atoms with van der Waals surface area (Å²) in [5, 5.41) is 0.601. The number of carbonyl (C=O) groups is 2. The van der Waals surface area contributed by atoms with Crippen molar-refractivity contribution in [2.45, 2.75) is 64.5 Å². The van der Waals surface area contributed by atoms with Crippen molar-refractivity contribution in [2.75, 3.05) is 31.9 Å². The molecule has 34 heavy (non-hydrogen) atoms. The number of cyclic esters (lactones) is 1. The third kappa shape index (κ3) is 4.13. The number of nitrogens with two attached hydrogens (primary N) is 1. The van der Waals surface area contributed by atoms with Gasteiger partial charge in [-0.25, -0.2) is 0 Å². The molecule has 0 bridgehead atoms. The van der Waals surface area contributed by atoms with Gasteiger partial charge in [0.1, 0.15) is 5.60 Å². The Morgan fingerprint density at radius 1 is 1.15 bits per heavy atom. The van der Waals surface area contributed by atoms with E-state index < -0.39 is 0 Å². The maximum Gasteiger partial charge on any atom is 0.314 e. The number of anilines is 1. The fourth-order valence-electron chi connectivity index (χ4n) is 6.33. The van der Waals surface area contributed by atoms with Gasteiger partial charge < -0.3 is 15.4 Å². The van der Waals surface area contributed by atoms with Crippen molar-refractivity contribution in [3.05, 3.63) is 41.5 Å². The van der Waals surface area contributed by atoms with Crippen LogP contribution in [0, 0.1) is 12.3 Å². The van der Waals surface area contributed by atoms with Crippen molar-refractivity contribution in [1.29, 1.82) is 0 Å². The van der Waals surface area contributed by atoms with Crippen LogP contribution in [0.3, 0.4) is 0 Å². The molecule has 3 saturated heterocycles. The van der Waals surface area contributed by atoms with E-state index in [1.807, 2.05) is 43.9 Å². The zero-order valence-electron chi connectivity index (χ0n) is 20.4. The average Bonchev–Trinajstić information content (AvgIpc) is 3.24. The van der Waals surface area contributed by atoms with Crippen LogP contribution >= 0.6 is 11.3 Å². The molecule has 0 aliphatic carbocycles. The van der Waals surface area contributed by atoms with Crippen LogP contribution in [0.2, 0.25) is 0 Å². The summed E-state index contributed by atoms with van der Waals surface area (Å²) in [7, 11) is 0. The van der Waals surface area contributed by atoms with E-state index in [2.05, 4.69) is 17.0 Å². The van der Waals surface area contributed by atoms with Crippen molar-refractivity contribution in [1.82, 2.24) is 9.80 Å². The van der Waals surface area contributed by atoms with Crippen LogP contribution in [-0.2, 0) is 9.53 Å². The molecule has 4 heterocycles. The largest absolute Gasteiger partial charge is 0.459 e. The van der Waals surface area contributed by atoms with E-state index in [1.165, 1.54) is 11.3 Å². The third-order valence-corrected chi connectivity index (χ3v) is 9.03. The van der Waals surface area contributed by atoms with E-state index in [-0.39, 0.29) is 22.9 Å². The van der Waals surface area contributed by atoms with Gasteiger partial charge in [-0.15, -0.1) is 11.3 Å². The summed E-state index contributed by atoms with van der Waals surface area (Å²) in [6.45, 7) is 9.28. The Morgan fingerprint density at radius 3 is 2.50 bits per heavy atom. The Kier molecular flexibility index (Phi) is 5.97. The highest BCUT2D eigenvalue weighted by atomic mass is 32.1. The van der Waals surface area contributed by atoms with E-state index in [4.69, 9.17) is 10.5 Å². The van der Waals surface area contributed by atoms with Gasteiger partial charge in [0.05, 0.1) is 16.0 Å². The minimum atomic E-state index is -0.368. The summed E-state index contributed by atoms with van der Waals surface area (Å²) in [5.74, 6) is 0.0237. The van der Waals surface area contributed by atoms with Gasteiger partial charge in [-0.3, -0.25) is 14.5 Å². The molecule has 1 spiro atoms. The first kappa shape index (κ1) is 23.4. The number of thiophene rings is 1. The summed E-state index contributed by atoms with van der Waals surface area (Å²) >= 11 is 1.50. The number of nitrogen functional groups attached to an aromatic ring is 1. The molecule has 2 N–H and O–H groups in total. The SMILES string of the molecule is Cc1c(-c2ccccc2)sc(N)c1C(=O)N1CCC(N2CCCC3(C2)CC(C)(C)OC3=O)CC1. The molecule has 7 heteroatoms. The highest BCUT2D eigenvalue weighted by Gasteiger charge is 2.54. The van der Waals surface area contributed by atoms with Gasteiger partial charge in [-0.1, -0.05) is 30.3 Å². The summed E-state index contributed by atoms with van der Waals surface area (Å²) in [6.07, 6.45) is 4.59. The fraction of sp³-hybridized carbons (Fsp3) is 0.556. The number of hydrogen-bond donors (Lipinski definition) is 1. The molecular formula is C27H35N3O3S. The van der Waals surface area contributed by atoms with Gasteiger partial charge in [0.15, 0.2) is 0 Å². The molecular weight excluding hydrogens is 446 g/mol. The van der Waals surface area contributed by atoms with Crippen molar-refractivity contribution in [3.8, 4) is 10.4 Å². The van der Waals surface area contributed by atoms with Crippen LogP contribution in [-0.4, -0.2) is 59.5 Å². The number of carbonyl (C=O) groups excluding carboxylic acids is 2. The Bertz CT molecular complexity index is 1090. The fourth-order valence-corrected chi connectivity index (χ4v) is 7.40. The topological polar surface area (TPSA) is 75.9 Å². The summed E-state index contributed by atoms with van der Waals surface area (Å²) in [6, 6.07) is 10.5. The molecule has 1 aromatic carbocycles. The maximum absolute atomic E-state index is 13.5. The highest BCUT2D eigenvalue weighted by molar-refractivity contribution is 7.19. The number of likely N-dealkylation sites (tertiary alicyclic amines) is 2. The first-order valence-corrected chi connectivity index (χ1v) is 13.2. The van der Waals surface area contributed by atoms with Gasteiger partial charge in [0.2, 0.25) is 0 Å². The molecule has 182 valence electrons. The van der Waals surface area contributed by atoms with E-state index in [9.17, 15) is 9.59 Å². The van der Waals surface area contributed by atoms with Crippen molar-refractivity contribution in [3.63, 3.8) is 0 Å². The molecule has 1 amide bonds. The van der Waals surface area contributed by atoms with Crippen molar-refractivity contribution < 1.29 is 14.3 Å². The van der Waals surface area contributed by atoms with E-state index in [0.717, 1.165) is 74.3 Å². The lowest BCUT2D eigenvalue weighted by atomic mass is 9.74. The molecule has 2 aromatic rings. The molecule has 1 atom stereocenters. The number of nitrogens with zero attached hydrogens (tertiary/aromatic N) is 2. The van der Waals surface area contributed by atoms with Crippen LogP contribution < -0.4 is 5.73 Å². The van der Waals surface area contributed by atoms with Gasteiger partial charge >= 0.3 is 5.97 Å². The minimum absolute atomic E-state index is 0.0209. The van der Waals surface area contributed by atoms with Gasteiger partial charge in [0, 0.05) is 37.0 Å². The number of benzene rings is 1. The van der Waals surface area contributed by atoms with Crippen molar-refractivity contribution >= 4 is 28.2 Å². The molecule has 6 nitrogen and oxygen atoms in total. The van der Waals surface area contributed by atoms with Gasteiger partial charge in [0.25, 0.3) is 5.91 Å². The quantitative estimate of drug-likeness (QED) is 0.642. The molecule has 5 rings (SSSR count). The number of ether oxygens (including phenoxy) is 1. The maximum atomic E-state index is 13.5. The Morgan fingerprint density at radius 2 is 1.85 bits per heavy atom. The van der Waals surface area contributed by atoms with Crippen LogP contribution in [0.25, 0.3) is 10.4 Å². The molecule has 1 unspecified atom stereocenters. The average molecular weight is 482 g/mol. The summed E-state index contributed by atoms with van der Waals surface area (Å²) in [5.41, 5.74) is 8.36. The highest BCUT2D eigenvalue weighted by Crippen LogP contribution is 2.47. The second-order valence-corrected chi connectivity index (χ2v) is 11.9. The second-order valence-electron chi connectivity index (χ2n) is 10.9. The summed E-state index contributed by atoms with van der Waals surface area (Å²) < 4.78 is 5.70. The van der Waals surface area contributed by atoms with Crippen LogP contribution in [0.1, 0.15) is 61.9 Å². The molecule has 3 aliphatic rings. The van der Waals surface area contributed by atoms with Crippen LogP contribution in [0.15, 0.2) is 30.3 Å². The Labute approximate surface area is 206 Å². The third-order valence-electron chi connectivity index (χ3n) is 7.86. The predicted octanol–water partition coefficient (Wildman–Crippen LogP) is 4.72. The molecule has 3 fully saturated rings. The van der Waals surface area contributed by atoms with Crippen LogP contribution in [0.5, 0.6) is 0 Å². The van der Waals surface area contributed by atoms with E-state index in [1.54, 1.807) is 0 Å². The summed E-state index contributed by atoms with van der Waals surface area (Å²) in [4.78, 5) is 31.7. The molecule has 0 radical (unpaired) electrons. The first-order chi connectivity index (χ1) is 16.2. The molecule has 0 saturated carbocycles. The van der Waals surface area contributed by atoms with Crippen LogP contribution in [0.4, 0.5) is 5.00 Å². The molecule has 3 aliphatic heterocycles. The number of hydrogen-bond acceptors (Lipinski definition) is 6. The van der Waals surface area contributed by atoms with Gasteiger partial charge in [-0.2, -0.15) is 0 Å². The predicted molar refractivity (Wildman–Crippen MR) is 136 cm³/mol. The molecule has 1 aromatic heterocycles.